The number of hydrogen-bond donors (Lipinski definition) is 1. The third-order valence-corrected chi connectivity index (χ3v) is 2.33. The van der Waals surface area contributed by atoms with Gasteiger partial charge in [0.2, 0.25) is 5.91 Å². The molecule has 0 bridgehead atoms. The molecule has 1 rings (SSSR count). The number of carbonyl (C=O) groups excluding carboxylic acids is 1. The van der Waals surface area contributed by atoms with Crippen molar-refractivity contribution in [1.29, 1.82) is 0 Å². The maximum absolute atomic E-state index is 12.8. The highest BCUT2D eigenvalue weighted by molar-refractivity contribution is 5.91. The van der Waals surface area contributed by atoms with Crippen LogP contribution in [0.4, 0.5) is 32.0 Å². The average Bonchev–Trinajstić information content (AvgIpc) is 2.26. The van der Waals surface area contributed by atoms with Gasteiger partial charge in [-0.2, -0.15) is 26.3 Å². The van der Waals surface area contributed by atoms with E-state index in [1.54, 1.807) is 0 Å². The van der Waals surface area contributed by atoms with E-state index in [4.69, 9.17) is 0 Å². The van der Waals surface area contributed by atoms with E-state index in [9.17, 15) is 31.1 Å². The minimum atomic E-state index is -5.24. The number of carbonyl (C=O) groups is 1. The molecule has 1 aromatic carbocycles. The highest BCUT2D eigenvalue weighted by Crippen LogP contribution is 2.43. The van der Waals surface area contributed by atoms with Gasteiger partial charge in [-0.25, -0.2) is 0 Å². The Morgan fingerprint density at radius 3 is 2.15 bits per heavy atom. The fourth-order valence-corrected chi connectivity index (χ4v) is 1.57. The molecule has 1 radical (unpaired) electrons. The molecule has 0 saturated heterocycles. The second-order valence-corrected chi connectivity index (χ2v) is 3.88. The second kappa shape index (κ2) is 5.72. The minimum absolute atomic E-state index is 0.117. The third-order valence-electron chi connectivity index (χ3n) is 2.33. The smallest absolute Gasteiger partial charge is 0.325 e. The topological polar surface area (TPSA) is 29.1 Å². The SMILES string of the molecule is [CH2]CCC(=O)Nc1cccc(C(F)(F)F)c1C(F)(F)F. The third kappa shape index (κ3) is 3.88. The van der Waals surface area contributed by atoms with Gasteiger partial charge < -0.3 is 5.32 Å². The van der Waals surface area contributed by atoms with Crippen molar-refractivity contribution in [2.75, 3.05) is 5.32 Å². The second-order valence-electron chi connectivity index (χ2n) is 3.88. The standard InChI is InChI=1S/C12H10F6NO/c1-2-4-9(20)19-8-6-3-5-7(11(13,14)15)10(8)12(16,17)18/h3,5-6H,1-2,4H2,(H,19,20). The fourth-order valence-electron chi connectivity index (χ4n) is 1.57. The number of halogens is 6. The molecule has 0 heterocycles. The Bertz CT molecular complexity index is 492. The number of benzene rings is 1. The van der Waals surface area contributed by atoms with Crippen molar-refractivity contribution < 1.29 is 31.1 Å². The normalized spacial score (nSPS) is 12.3. The van der Waals surface area contributed by atoms with Crippen LogP contribution in [0.3, 0.4) is 0 Å². The van der Waals surface area contributed by atoms with Crippen molar-refractivity contribution in [2.24, 2.45) is 0 Å². The van der Waals surface area contributed by atoms with E-state index in [1.807, 2.05) is 5.32 Å². The summed E-state index contributed by atoms with van der Waals surface area (Å²) in [5.74, 6) is -0.829. The molecule has 0 spiro atoms. The molecule has 0 fully saturated rings. The summed E-state index contributed by atoms with van der Waals surface area (Å²) in [6.45, 7) is 3.33. The van der Waals surface area contributed by atoms with Crippen LogP contribution in [-0.4, -0.2) is 5.91 Å². The monoisotopic (exact) mass is 298 g/mol. The predicted octanol–water partition coefficient (Wildman–Crippen LogP) is 4.28. The number of hydrogen-bond acceptors (Lipinski definition) is 1. The number of nitrogens with one attached hydrogen (secondary N) is 1. The summed E-state index contributed by atoms with van der Waals surface area (Å²) in [5.41, 5.74) is -4.65. The zero-order valence-corrected chi connectivity index (χ0v) is 10.0. The summed E-state index contributed by atoms with van der Waals surface area (Å²) >= 11 is 0. The molecule has 0 atom stereocenters. The van der Waals surface area contributed by atoms with Crippen LogP contribution in [0.2, 0.25) is 0 Å². The number of alkyl halides is 6. The number of rotatable bonds is 3. The van der Waals surface area contributed by atoms with Crippen LogP contribution in [0.15, 0.2) is 18.2 Å². The van der Waals surface area contributed by atoms with Gasteiger partial charge in [0.1, 0.15) is 0 Å². The molecule has 0 saturated carbocycles. The van der Waals surface area contributed by atoms with Crippen LogP contribution in [-0.2, 0) is 17.1 Å². The molecular formula is C12H10F6NO. The van der Waals surface area contributed by atoms with E-state index in [-0.39, 0.29) is 12.8 Å². The molecule has 2 nitrogen and oxygen atoms in total. The summed E-state index contributed by atoms with van der Waals surface area (Å²) in [6, 6.07) is 1.90. The number of amides is 1. The molecule has 1 amide bonds. The van der Waals surface area contributed by atoms with Crippen LogP contribution < -0.4 is 5.32 Å². The largest absolute Gasteiger partial charge is 0.419 e. The molecule has 0 aliphatic rings. The van der Waals surface area contributed by atoms with Gasteiger partial charge in [0.25, 0.3) is 0 Å². The van der Waals surface area contributed by atoms with Crippen LogP contribution in [0.5, 0.6) is 0 Å². The molecule has 1 N–H and O–H groups in total. The molecule has 1 aromatic rings. The van der Waals surface area contributed by atoms with Crippen molar-refractivity contribution in [3.05, 3.63) is 36.2 Å². The van der Waals surface area contributed by atoms with E-state index in [0.717, 1.165) is 12.1 Å². The minimum Gasteiger partial charge on any atom is -0.325 e. The van der Waals surface area contributed by atoms with E-state index < -0.39 is 35.1 Å². The Balaban J connectivity index is 3.35. The first-order valence-electron chi connectivity index (χ1n) is 5.44. The maximum Gasteiger partial charge on any atom is 0.419 e. The van der Waals surface area contributed by atoms with Crippen LogP contribution in [0.1, 0.15) is 24.0 Å². The van der Waals surface area contributed by atoms with Crippen LogP contribution in [0, 0.1) is 6.92 Å². The quantitative estimate of drug-likeness (QED) is 0.829. The van der Waals surface area contributed by atoms with Crippen molar-refractivity contribution >= 4 is 11.6 Å². The van der Waals surface area contributed by atoms with Crippen molar-refractivity contribution in [3.8, 4) is 0 Å². The van der Waals surface area contributed by atoms with Crippen LogP contribution >= 0.6 is 0 Å². The summed E-state index contributed by atoms with van der Waals surface area (Å²) in [4.78, 5) is 11.3. The van der Waals surface area contributed by atoms with Gasteiger partial charge in [-0.15, -0.1) is 0 Å². The fraction of sp³-hybridized carbons (Fsp3) is 0.333. The van der Waals surface area contributed by atoms with E-state index in [0.29, 0.717) is 6.07 Å². The summed E-state index contributed by atoms with van der Waals surface area (Å²) in [7, 11) is 0. The van der Waals surface area contributed by atoms with Crippen molar-refractivity contribution in [3.63, 3.8) is 0 Å². The zero-order chi connectivity index (χ0) is 15.6. The Labute approximate surface area is 110 Å². The molecular weight excluding hydrogens is 288 g/mol. The van der Waals surface area contributed by atoms with Gasteiger partial charge in [0, 0.05) is 6.42 Å². The highest BCUT2D eigenvalue weighted by Gasteiger charge is 2.44. The Kier molecular flexibility index (Phi) is 4.67. The molecule has 111 valence electrons. The lowest BCUT2D eigenvalue weighted by molar-refractivity contribution is -0.161. The van der Waals surface area contributed by atoms with E-state index >= 15 is 0 Å². The lowest BCUT2D eigenvalue weighted by Crippen LogP contribution is -2.21. The average molecular weight is 298 g/mol. The summed E-state index contributed by atoms with van der Waals surface area (Å²) in [5, 5.41) is 1.83. The molecule has 20 heavy (non-hydrogen) atoms. The Morgan fingerprint density at radius 2 is 1.70 bits per heavy atom. The van der Waals surface area contributed by atoms with Gasteiger partial charge in [-0.1, -0.05) is 13.0 Å². The van der Waals surface area contributed by atoms with Gasteiger partial charge in [0.15, 0.2) is 0 Å². The Morgan fingerprint density at radius 1 is 1.10 bits per heavy atom. The molecule has 8 heteroatoms. The zero-order valence-electron chi connectivity index (χ0n) is 10.0. The Hall–Kier alpha value is -1.73. The molecule has 0 unspecified atom stereocenters. The van der Waals surface area contributed by atoms with Crippen molar-refractivity contribution in [2.45, 2.75) is 25.2 Å². The highest BCUT2D eigenvalue weighted by atomic mass is 19.4. The molecule has 0 aliphatic heterocycles. The number of anilines is 1. The van der Waals surface area contributed by atoms with Crippen molar-refractivity contribution in [1.82, 2.24) is 0 Å². The lowest BCUT2D eigenvalue weighted by atomic mass is 10.0. The van der Waals surface area contributed by atoms with Gasteiger partial charge >= 0.3 is 12.4 Å². The van der Waals surface area contributed by atoms with Crippen LogP contribution in [0.25, 0.3) is 0 Å². The first-order chi connectivity index (χ1) is 9.07. The first-order valence-corrected chi connectivity index (χ1v) is 5.44. The van der Waals surface area contributed by atoms with E-state index in [2.05, 4.69) is 6.92 Å². The maximum atomic E-state index is 12.8. The lowest BCUT2D eigenvalue weighted by Gasteiger charge is -2.19. The molecule has 0 aliphatic carbocycles. The summed E-state index contributed by atoms with van der Waals surface area (Å²) in [6.07, 6.45) is -10.5. The van der Waals surface area contributed by atoms with Gasteiger partial charge in [-0.05, 0) is 18.6 Å². The van der Waals surface area contributed by atoms with E-state index in [1.165, 1.54) is 0 Å². The van der Waals surface area contributed by atoms with Gasteiger partial charge in [-0.3, -0.25) is 4.79 Å². The predicted molar refractivity (Wildman–Crippen MR) is 59.7 cm³/mol. The first kappa shape index (κ1) is 16.3. The molecule has 0 aromatic heterocycles. The van der Waals surface area contributed by atoms with Gasteiger partial charge in [0.05, 0.1) is 16.8 Å². The summed E-state index contributed by atoms with van der Waals surface area (Å²) < 4.78 is 76.3.